The maximum atomic E-state index is 13.3. The molecule has 3 rings (SSSR count). The molecular weight excluding hydrogens is 669 g/mol. The highest BCUT2D eigenvalue weighted by atomic mass is 35.6. The van der Waals surface area contributed by atoms with Crippen molar-refractivity contribution >= 4 is 75.3 Å². The SMILES string of the molecule is C#CCC(NC(=O)C(C)(C)/C=C/c1cc2cc(CC)ccc2cn1)C(=O)NC(C)C(=O)N1CCCC(C(=O)OCC(Cl)(Cl)Cl)N1.CO. The summed E-state index contributed by atoms with van der Waals surface area (Å²) in [4.78, 5) is 56.4. The number of amides is 3. The van der Waals surface area contributed by atoms with E-state index in [9.17, 15) is 19.2 Å². The molecule has 47 heavy (non-hydrogen) atoms. The smallest absolute Gasteiger partial charge is 0.325 e. The fourth-order valence-electron chi connectivity index (χ4n) is 4.54. The van der Waals surface area contributed by atoms with Crippen molar-refractivity contribution in [2.24, 2.45) is 5.41 Å². The lowest BCUT2D eigenvalue weighted by Gasteiger charge is -2.34. The molecule has 1 fully saturated rings. The molecule has 0 spiro atoms. The monoisotopic (exact) mass is 709 g/mol. The van der Waals surface area contributed by atoms with E-state index in [0.29, 0.717) is 25.1 Å². The average molecular weight is 711 g/mol. The number of carbonyl (C=O) groups excluding carboxylic acids is 4. The molecule has 256 valence electrons. The number of aryl methyl sites for hydroxylation is 1. The Bertz CT molecular complexity index is 1490. The Balaban J connectivity index is 0.00000376. The number of hydrazine groups is 1. The van der Waals surface area contributed by atoms with Crippen LogP contribution in [0.1, 0.15) is 58.2 Å². The summed E-state index contributed by atoms with van der Waals surface area (Å²) < 4.78 is 3.26. The number of alkyl halides is 3. The van der Waals surface area contributed by atoms with Crippen LogP contribution in [-0.2, 0) is 30.3 Å². The predicted octanol–water partition coefficient (Wildman–Crippen LogP) is 3.87. The minimum absolute atomic E-state index is 0.0939. The third-order valence-electron chi connectivity index (χ3n) is 7.26. The number of halogens is 3. The Morgan fingerprint density at radius 3 is 2.53 bits per heavy atom. The highest BCUT2D eigenvalue weighted by Crippen LogP contribution is 2.26. The molecule has 3 unspecified atom stereocenters. The van der Waals surface area contributed by atoms with Gasteiger partial charge in [0.15, 0.2) is 0 Å². The van der Waals surface area contributed by atoms with E-state index in [-0.39, 0.29) is 6.42 Å². The average Bonchev–Trinajstić information content (AvgIpc) is 3.05. The second-order valence-corrected chi connectivity index (χ2v) is 13.9. The fraction of sp³-hybridized carbons (Fsp3) is 0.485. The second kappa shape index (κ2) is 18.2. The molecule has 2 aromatic rings. The number of aliphatic hydroxyl groups excluding tert-OH is 1. The molecule has 1 aromatic carbocycles. The van der Waals surface area contributed by atoms with Gasteiger partial charge in [-0.05, 0) is 63.1 Å². The first kappa shape index (κ1) is 39.8. The van der Waals surface area contributed by atoms with Crippen LogP contribution in [0.2, 0.25) is 0 Å². The molecule has 0 aliphatic carbocycles. The molecular formula is C33H42Cl3N5O6. The molecule has 1 aliphatic rings. The molecule has 0 bridgehead atoms. The molecule has 1 aliphatic heterocycles. The van der Waals surface area contributed by atoms with Crippen molar-refractivity contribution in [1.82, 2.24) is 26.1 Å². The molecule has 0 saturated carbocycles. The Morgan fingerprint density at radius 1 is 1.19 bits per heavy atom. The number of rotatable bonds is 11. The van der Waals surface area contributed by atoms with Crippen LogP contribution in [0.3, 0.4) is 0 Å². The Morgan fingerprint density at radius 2 is 1.89 bits per heavy atom. The number of aromatic nitrogens is 1. The molecule has 4 N–H and O–H groups in total. The number of terminal acetylenes is 1. The van der Waals surface area contributed by atoms with Gasteiger partial charge >= 0.3 is 5.97 Å². The number of fused-ring (bicyclic) bond motifs is 1. The summed E-state index contributed by atoms with van der Waals surface area (Å²) in [7, 11) is 1.00. The van der Waals surface area contributed by atoms with E-state index in [0.717, 1.165) is 24.3 Å². The van der Waals surface area contributed by atoms with Gasteiger partial charge in [-0.25, -0.2) is 5.43 Å². The van der Waals surface area contributed by atoms with E-state index in [4.69, 9.17) is 51.1 Å². The van der Waals surface area contributed by atoms with Crippen LogP contribution in [0.5, 0.6) is 0 Å². The fourth-order valence-corrected chi connectivity index (χ4v) is 4.70. The first-order valence-electron chi connectivity index (χ1n) is 15.0. The number of pyridine rings is 1. The molecule has 0 radical (unpaired) electrons. The van der Waals surface area contributed by atoms with Crippen molar-refractivity contribution in [3.8, 4) is 12.3 Å². The van der Waals surface area contributed by atoms with Crippen molar-refractivity contribution < 1.29 is 29.0 Å². The zero-order valence-electron chi connectivity index (χ0n) is 27.1. The highest BCUT2D eigenvalue weighted by molar-refractivity contribution is 6.67. The molecule has 3 atom stereocenters. The zero-order chi connectivity index (χ0) is 35.4. The van der Waals surface area contributed by atoms with E-state index in [1.54, 1.807) is 32.2 Å². The quantitative estimate of drug-likeness (QED) is 0.156. The Kier molecular flexibility index (Phi) is 15.4. The normalized spacial score (nSPS) is 16.3. The maximum absolute atomic E-state index is 13.3. The first-order valence-corrected chi connectivity index (χ1v) is 16.1. The van der Waals surface area contributed by atoms with Gasteiger partial charge in [-0.3, -0.25) is 29.2 Å². The van der Waals surface area contributed by atoms with E-state index in [1.165, 1.54) is 17.5 Å². The van der Waals surface area contributed by atoms with Crippen LogP contribution in [-0.4, -0.2) is 81.0 Å². The van der Waals surface area contributed by atoms with Crippen LogP contribution in [0.4, 0.5) is 0 Å². The molecule has 3 amide bonds. The number of nitrogens with zero attached hydrogens (tertiary/aromatic N) is 2. The standard InChI is InChI=1S/C32H38Cl3N5O5.CH4O/c1-6-9-25(27(41)37-20(3)28(42)40-15-8-10-26(39-40)29(43)45-19-32(33,34)35)38-30(44)31(4,5)14-13-24-17-23-16-21(7-2)11-12-22(23)18-36-24;1-2/h1,11-14,16-18,20,25-26,39H,7-10,15,19H2,2-5H3,(H,37,41)(H,38,44);2H,1H3/b14-13+;. The Labute approximate surface area is 290 Å². The third-order valence-corrected chi connectivity index (χ3v) is 7.59. The zero-order valence-corrected chi connectivity index (χ0v) is 29.4. The predicted molar refractivity (Wildman–Crippen MR) is 184 cm³/mol. The van der Waals surface area contributed by atoms with Gasteiger partial charge in [0.05, 0.1) is 11.1 Å². The lowest BCUT2D eigenvalue weighted by molar-refractivity contribution is -0.152. The number of aliphatic hydroxyl groups is 1. The largest absolute Gasteiger partial charge is 0.460 e. The Hall–Kier alpha value is -3.40. The third kappa shape index (κ3) is 12.3. The second-order valence-electron chi connectivity index (χ2n) is 11.4. The molecule has 2 heterocycles. The number of benzene rings is 1. The minimum atomic E-state index is -1.76. The van der Waals surface area contributed by atoms with Gasteiger partial charge in [0, 0.05) is 31.7 Å². The number of carbonyl (C=O) groups is 4. The number of hydrogen-bond donors (Lipinski definition) is 4. The summed E-state index contributed by atoms with van der Waals surface area (Å²) in [6.07, 6.45) is 12.5. The summed E-state index contributed by atoms with van der Waals surface area (Å²) in [6.45, 7) is 6.87. The number of ether oxygens (including phenoxy) is 1. The van der Waals surface area contributed by atoms with E-state index >= 15 is 0 Å². The number of nitrogens with one attached hydrogen (secondary N) is 3. The van der Waals surface area contributed by atoms with Gasteiger partial charge in [0.1, 0.15) is 24.7 Å². The molecule has 14 heteroatoms. The number of esters is 1. The summed E-state index contributed by atoms with van der Waals surface area (Å²) >= 11 is 16.9. The van der Waals surface area contributed by atoms with Crippen molar-refractivity contribution in [2.45, 2.75) is 75.3 Å². The van der Waals surface area contributed by atoms with Gasteiger partial charge in [-0.1, -0.05) is 66.0 Å². The molecule has 1 saturated heterocycles. The van der Waals surface area contributed by atoms with Crippen LogP contribution in [0, 0.1) is 17.8 Å². The van der Waals surface area contributed by atoms with Crippen molar-refractivity contribution in [3.63, 3.8) is 0 Å². The summed E-state index contributed by atoms with van der Waals surface area (Å²) in [6, 6.07) is 5.25. The van der Waals surface area contributed by atoms with Gasteiger partial charge in [0.25, 0.3) is 5.91 Å². The van der Waals surface area contributed by atoms with Crippen LogP contribution < -0.4 is 16.1 Å². The maximum Gasteiger partial charge on any atom is 0.325 e. The molecule has 11 nitrogen and oxygen atoms in total. The van der Waals surface area contributed by atoms with Gasteiger partial charge in [-0.15, -0.1) is 12.3 Å². The first-order chi connectivity index (χ1) is 22.1. The summed E-state index contributed by atoms with van der Waals surface area (Å²) in [5.41, 5.74) is 3.69. The van der Waals surface area contributed by atoms with Crippen molar-refractivity contribution in [3.05, 3.63) is 47.8 Å². The number of hydrogen-bond acceptors (Lipinski definition) is 8. The minimum Gasteiger partial charge on any atom is -0.460 e. The van der Waals surface area contributed by atoms with E-state index in [2.05, 4.69) is 46.0 Å². The van der Waals surface area contributed by atoms with Crippen LogP contribution in [0.25, 0.3) is 16.8 Å². The highest BCUT2D eigenvalue weighted by Gasteiger charge is 2.34. The van der Waals surface area contributed by atoms with Crippen molar-refractivity contribution in [1.29, 1.82) is 0 Å². The van der Waals surface area contributed by atoms with Gasteiger partial charge < -0.3 is 20.5 Å². The van der Waals surface area contributed by atoms with Crippen LogP contribution in [0.15, 0.2) is 36.5 Å². The molecule has 1 aromatic heterocycles. The van der Waals surface area contributed by atoms with Gasteiger partial charge in [-0.2, -0.15) is 0 Å². The lowest BCUT2D eigenvalue weighted by atomic mass is 9.90. The summed E-state index contributed by atoms with van der Waals surface area (Å²) in [5, 5.41) is 15.6. The topological polar surface area (TPSA) is 150 Å². The van der Waals surface area contributed by atoms with Gasteiger partial charge in [0.2, 0.25) is 15.6 Å². The lowest BCUT2D eigenvalue weighted by Crippen LogP contribution is -2.60. The van der Waals surface area contributed by atoms with Crippen LogP contribution >= 0.6 is 34.8 Å². The van der Waals surface area contributed by atoms with E-state index < -0.39 is 57.6 Å². The summed E-state index contributed by atoms with van der Waals surface area (Å²) in [5.74, 6) is 0.177. The van der Waals surface area contributed by atoms with E-state index in [1.807, 2.05) is 12.1 Å². The van der Waals surface area contributed by atoms with Crippen molar-refractivity contribution in [2.75, 3.05) is 20.3 Å².